The Labute approximate surface area is 146 Å². The molecule has 0 saturated heterocycles. The lowest BCUT2D eigenvalue weighted by molar-refractivity contribution is -0.139. The second-order valence-electron chi connectivity index (χ2n) is 5.00. The molecule has 0 unspecified atom stereocenters. The monoisotopic (exact) mass is 420 g/mol. The molecule has 3 rings (SSSR count). The van der Waals surface area contributed by atoms with Crippen LogP contribution in [0.2, 0.25) is 0 Å². The van der Waals surface area contributed by atoms with Crippen molar-refractivity contribution in [1.82, 2.24) is 0 Å². The van der Waals surface area contributed by atoms with Crippen LogP contribution in [0.5, 0.6) is 0 Å². The summed E-state index contributed by atoms with van der Waals surface area (Å²) >= 11 is 2.21. The zero-order valence-electron chi connectivity index (χ0n) is 12.3. The van der Waals surface area contributed by atoms with Crippen LogP contribution in [-0.4, -0.2) is 13.1 Å². The Morgan fingerprint density at radius 1 is 1.17 bits per heavy atom. The van der Waals surface area contributed by atoms with E-state index < -0.39 is 11.6 Å². The van der Waals surface area contributed by atoms with E-state index in [4.69, 9.17) is 9.15 Å². The van der Waals surface area contributed by atoms with Gasteiger partial charge in [0.1, 0.15) is 5.58 Å². The number of fused-ring (bicyclic) bond motifs is 1. The number of halogens is 1. The molecule has 0 radical (unpaired) electrons. The fourth-order valence-electron chi connectivity index (χ4n) is 2.52. The second kappa shape index (κ2) is 6.54. The van der Waals surface area contributed by atoms with Crippen molar-refractivity contribution in [2.75, 3.05) is 7.11 Å². The fourth-order valence-corrected chi connectivity index (χ4v) is 3.02. The van der Waals surface area contributed by atoms with Crippen LogP contribution in [0.3, 0.4) is 0 Å². The first-order chi connectivity index (χ1) is 11.1. The zero-order chi connectivity index (χ0) is 16.4. The van der Waals surface area contributed by atoms with Crippen LogP contribution < -0.4 is 5.63 Å². The van der Waals surface area contributed by atoms with Crippen molar-refractivity contribution in [2.24, 2.45) is 0 Å². The van der Waals surface area contributed by atoms with Crippen molar-refractivity contribution in [3.63, 3.8) is 0 Å². The summed E-state index contributed by atoms with van der Waals surface area (Å²) in [6, 6.07) is 15.1. The smallest absolute Gasteiger partial charge is 0.340 e. The fraction of sp³-hybridized carbons (Fsp3) is 0.111. The highest BCUT2D eigenvalue weighted by atomic mass is 127. The Kier molecular flexibility index (Phi) is 4.47. The summed E-state index contributed by atoms with van der Waals surface area (Å²) in [5, 5.41) is 0.807. The van der Waals surface area contributed by atoms with Crippen molar-refractivity contribution in [3.05, 3.63) is 68.1 Å². The maximum absolute atomic E-state index is 12.4. The largest absolute Gasteiger partial charge is 0.469 e. The molecule has 0 fully saturated rings. The molecule has 0 spiro atoms. The summed E-state index contributed by atoms with van der Waals surface area (Å²) in [5.41, 5.74) is 1.90. The summed E-state index contributed by atoms with van der Waals surface area (Å²) in [6.45, 7) is 0. The first kappa shape index (κ1) is 15.7. The minimum absolute atomic E-state index is 0.121. The summed E-state index contributed by atoms with van der Waals surface area (Å²) in [4.78, 5) is 24.1. The number of esters is 1. The maximum Gasteiger partial charge on any atom is 0.340 e. The lowest BCUT2D eigenvalue weighted by atomic mass is 9.95. The quantitative estimate of drug-likeness (QED) is 0.368. The van der Waals surface area contributed by atoms with Crippen LogP contribution in [0.15, 0.2) is 57.7 Å². The molecule has 2 aromatic carbocycles. The van der Waals surface area contributed by atoms with Crippen LogP contribution in [0.25, 0.3) is 22.1 Å². The van der Waals surface area contributed by atoms with Crippen molar-refractivity contribution in [1.29, 1.82) is 0 Å². The summed E-state index contributed by atoms with van der Waals surface area (Å²) in [6.07, 6.45) is -0.121. The number of hydrogen-bond acceptors (Lipinski definition) is 4. The van der Waals surface area contributed by atoms with Gasteiger partial charge in [-0.1, -0.05) is 30.3 Å². The molecule has 0 saturated carbocycles. The van der Waals surface area contributed by atoms with E-state index in [0.29, 0.717) is 11.1 Å². The molecule has 0 atom stereocenters. The molecule has 3 aromatic rings. The minimum Gasteiger partial charge on any atom is -0.469 e. The van der Waals surface area contributed by atoms with Crippen LogP contribution in [0.4, 0.5) is 0 Å². The van der Waals surface area contributed by atoms with Gasteiger partial charge in [0, 0.05) is 14.5 Å². The summed E-state index contributed by atoms with van der Waals surface area (Å²) in [5.74, 6) is -0.473. The van der Waals surface area contributed by atoms with Crippen molar-refractivity contribution < 1.29 is 13.9 Å². The van der Waals surface area contributed by atoms with Crippen molar-refractivity contribution >= 4 is 39.5 Å². The molecule has 0 aliphatic rings. The van der Waals surface area contributed by atoms with Gasteiger partial charge in [-0.25, -0.2) is 4.79 Å². The number of benzene rings is 2. The third kappa shape index (κ3) is 3.14. The van der Waals surface area contributed by atoms with Gasteiger partial charge in [-0.3, -0.25) is 4.79 Å². The van der Waals surface area contributed by atoms with E-state index in [1.165, 1.54) is 7.11 Å². The number of hydrogen-bond donors (Lipinski definition) is 0. The predicted molar refractivity (Wildman–Crippen MR) is 96.4 cm³/mol. The van der Waals surface area contributed by atoms with E-state index >= 15 is 0 Å². The normalized spacial score (nSPS) is 10.7. The Bertz CT molecular complexity index is 929. The standard InChI is InChI=1S/C18H13IO4/c1-22-16(20)10-14-17(11-5-3-2-4-6-11)13-9-12(19)7-8-15(13)23-18(14)21/h2-9H,10H2,1H3. The van der Waals surface area contributed by atoms with Gasteiger partial charge < -0.3 is 9.15 Å². The second-order valence-corrected chi connectivity index (χ2v) is 6.25. The molecule has 0 amide bonds. The molecule has 5 heteroatoms. The van der Waals surface area contributed by atoms with E-state index in [1.54, 1.807) is 6.07 Å². The first-order valence-electron chi connectivity index (χ1n) is 6.97. The molecule has 1 heterocycles. The van der Waals surface area contributed by atoms with Gasteiger partial charge in [-0.2, -0.15) is 0 Å². The van der Waals surface area contributed by atoms with Gasteiger partial charge in [-0.15, -0.1) is 0 Å². The molecular weight excluding hydrogens is 407 g/mol. The average molecular weight is 420 g/mol. The average Bonchev–Trinajstić information content (AvgIpc) is 2.56. The number of methoxy groups -OCH3 is 1. The molecule has 0 aliphatic heterocycles. The minimum atomic E-state index is -0.511. The van der Waals surface area contributed by atoms with Gasteiger partial charge in [-0.05, 0) is 46.4 Å². The van der Waals surface area contributed by atoms with Gasteiger partial charge >= 0.3 is 11.6 Å². The Morgan fingerprint density at radius 3 is 2.61 bits per heavy atom. The molecule has 23 heavy (non-hydrogen) atoms. The van der Waals surface area contributed by atoms with E-state index in [2.05, 4.69) is 22.6 Å². The Morgan fingerprint density at radius 2 is 1.91 bits per heavy atom. The Balaban J connectivity index is 2.38. The van der Waals surface area contributed by atoms with Crippen LogP contribution in [-0.2, 0) is 16.0 Å². The van der Waals surface area contributed by atoms with Crippen LogP contribution in [0, 0.1) is 3.57 Å². The van der Waals surface area contributed by atoms with E-state index in [1.807, 2.05) is 42.5 Å². The molecule has 4 nitrogen and oxygen atoms in total. The third-order valence-electron chi connectivity index (χ3n) is 3.57. The number of carbonyl (C=O) groups is 1. The lowest BCUT2D eigenvalue weighted by Crippen LogP contribution is -2.16. The van der Waals surface area contributed by atoms with Gasteiger partial charge in [0.05, 0.1) is 19.1 Å². The maximum atomic E-state index is 12.4. The topological polar surface area (TPSA) is 56.5 Å². The highest BCUT2D eigenvalue weighted by molar-refractivity contribution is 14.1. The molecule has 0 N–H and O–H groups in total. The molecule has 0 aliphatic carbocycles. The SMILES string of the molecule is COC(=O)Cc1c(-c2ccccc2)c2cc(I)ccc2oc1=O. The van der Waals surface area contributed by atoms with E-state index in [-0.39, 0.29) is 6.42 Å². The third-order valence-corrected chi connectivity index (χ3v) is 4.24. The van der Waals surface area contributed by atoms with Gasteiger partial charge in [0.15, 0.2) is 0 Å². The van der Waals surface area contributed by atoms with Gasteiger partial charge in [0.25, 0.3) is 0 Å². The summed E-state index contributed by atoms with van der Waals surface area (Å²) < 4.78 is 11.1. The van der Waals surface area contributed by atoms with Crippen LogP contribution in [0.1, 0.15) is 5.56 Å². The molecule has 116 valence electrons. The van der Waals surface area contributed by atoms with E-state index in [9.17, 15) is 9.59 Å². The number of rotatable bonds is 3. The zero-order valence-corrected chi connectivity index (χ0v) is 14.5. The van der Waals surface area contributed by atoms with Crippen LogP contribution >= 0.6 is 22.6 Å². The molecule has 0 bridgehead atoms. The van der Waals surface area contributed by atoms with E-state index in [0.717, 1.165) is 20.1 Å². The Hall–Kier alpha value is -2.15. The van der Waals surface area contributed by atoms with Crippen molar-refractivity contribution in [2.45, 2.75) is 6.42 Å². The highest BCUT2D eigenvalue weighted by Gasteiger charge is 2.19. The van der Waals surface area contributed by atoms with Gasteiger partial charge in [0.2, 0.25) is 0 Å². The highest BCUT2D eigenvalue weighted by Crippen LogP contribution is 2.31. The summed E-state index contributed by atoms with van der Waals surface area (Å²) in [7, 11) is 1.30. The molecular formula is C18H13IO4. The number of carbonyl (C=O) groups excluding carboxylic acids is 1. The number of ether oxygens (including phenoxy) is 1. The lowest BCUT2D eigenvalue weighted by Gasteiger charge is -2.11. The molecule has 1 aromatic heterocycles. The first-order valence-corrected chi connectivity index (χ1v) is 8.05. The predicted octanol–water partition coefficient (Wildman–Crippen LogP) is 3.78. The van der Waals surface area contributed by atoms with Crippen molar-refractivity contribution in [3.8, 4) is 11.1 Å².